The van der Waals surface area contributed by atoms with Gasteiger partial charge in [0.05, 0.1) is 6.20 Å². The van der Waals surface area contributed by atoms with Gasteiger partial charge in [0.15, 0.2) is 0 Å². The minimum atomic E-state index is -0.183. The Morgan fingerprint density at radius 1 is 1.45 bits per heavy atom. The SMILES string of the molecule is CCc1nnc2n1C[C@@H](NC(=O)c1cnccn1)CC2. The fourth-order valence-corrected chi connectivity index (χ4v) is 2.44. The first-order valence-corrected chi connectivity index (χ1v) is 6.75. The highest BCUT2D eigenvalue weighted by atomic mass is 16.1. The first kappa shape index (κ1) is 12.7. The number of rotatable bonds is 3. The van der Waals surface area contributed by atoms with Crippen molar-refractivity contribution in [3.63, 3.8) is 0 Å². The second-order valence-electron chi connectivity index (χ2n) is 4.80. The molecule has 0 unspecified atom stereocenters. The Balaban J connectivity index is 1.70. The van der Waals surface area contributed by atoms with Crippen LogP contribution in [-0.2, 0) is 19.4 Å². The molecule has 0 aromatic carbocycles. The maximum atomic E-state index is 12.1. The van der Waals surface area contributed by atoms with Crippen molar-refractivity contribution in [3.05, 3.63) is 35.9 Å². The topological polar surface area (TPSA) is 85.6 Å². The van der Waals surface area contributed by atoms with Crippen LogP contribution in [-0.4, -0.2) is 36.7 Å². The predicted molar refractivity (Wildman–Crippen MR) is 71.0 cm³/mol. The molecule has 7 nitrogen and oxygen atoms in total. The van der Waals surface area contributed by atoms with Gasteiger partial charge in [0.25, 0.3) is 5.91 Å². The van der Waals surface area contributed by atoms with E-state index in [2.05, 4.69) is 37.0 Å². The smallest absolute Gasteiger partial charge is 0.271 e. The molecule has 20 heavy (non-hydrogen) atoms. The molecule has 1 amide bonds. The molecule has 1 N–H and O–H groups in total. The first-order valence-electron chi connectivity index (χ1n) is 6.75. The average Bonchev–Trinajstić information content (AvgIpc) is 2.90. The van der Waals surface area contributed by atoms with E-state index in [1.54, 1.807) is 6.20 Å². The third-order valence-electron chi connectivity index (χ3n) is 3.47. The van der Waals surface area contributed by atoms with Gasteiger partial charge in [0, 0.05) is 37.8 Å². The molecule has 1 aliphatic heterocycles. The molecule has 2 aromatic rings. The maximum absolute atomic E-state index is 12.1. The Hall–Kier alpha value is -2.31. The lowest BCUT2D eigenvalue weighted by atomic mass is 10.1. The van der Waals surface area contributed by atoms with Crippen LogP contribution in [0.3, 0.4) is 0 Å². The van der Waals surface area contributed by atoms with Crippen molar-refractivity contribution in [2.45, 2.75) is 38.8 Å². The van der Waals surface area contributed by atoms with Crippen molar-refractivity contribution < 1.29 is 4.79 Å². The van der Waals surface area contributed by atoms with Crippen LogP contribution in [0.15, 0.2) is 18.6 Å². The van der Waals surface area contributed by atoms with E-state index in [0.717, 1.165) is 37.5 Å². The molecular formula is C13H16N6O. The van der Waals surface area contributed by atoms with Crippen molar-refractivity contribution in [2.24, 2.45) is 0 Å². The van der Waals surface area contributed by atoms with Crippen LogP contribution < -0.4 is 5.32 Å². The number of nitrogens with zero attached hydrogens (tertiary/aromatic N) is 5. The van der Waals surface area contributed by atoms with Crippen molar-refractivity contribution in [1.82, 2.24) is 30.0 Å². The predicted octanol–water partition coefficient (Wildman–Crippen LogP) is 0.375. The van der Waals surface area contributed by atoms with Crippen LogP contribution in [0.2, 0.25) is 0 Å². The monoisotopic (exact) mass is 272 g/mol. The van der Waals surface area contributed by atoms with Crippen LogP contribution in [0.1, 0.15) is 35.5 Å². The maximum Gasteiger partial charge on any atom is 0.271 e. The van der Waals surface area contributed by atoms with Crippen LogP contribution >= 0.6 is 0 Å². The van der Waals surface area contributed by atoms with Gasteiger partial charge in [0.1, 0.15) is 17.3 Å². The number of hydrogen-bond donors (Lipinski definition) is 1. The molecule has 7 heteroatoms. The second-order valence-corrected chi connectivity index (χ2v) is 4.80. The quantitative estimate of drug-likeness (QED) is 0.872. The van der Waals surface area contributed by atoms with Gasteiger partial charge in [-0.15, -0.1) is 10.2 Å². The fourth-order valence-electron chi connectivity index (χ4n) is 2.44. The number of aryl methyl sites for hydroxylation is 2. The lowest BCUT2D eigenvalue weighted by Gasteiger charge is -2.25. The summed E-state index contributed by atoms with van der Waals surface area (Å²) in [5, 5.41) is 11.3. The molecule has 0 bridgehead atoms. The molecule has 1 aliphatic rings. The van der Waals surface area contributed by atoms with E-state index >= 15 is 0 Å². The Labute approximate surface area is 116 Å². The zero-order valence-corrected chi connectivity index (χ0v) is 11.3. The van der Waals surface area contributed by atoms with Gasteiger partial charge < -0.3 is 9.88 Å². The van der Waals surface area contributed by atoms with Gasteiger partial charge in [-0.3, -0.25) is 9.78 Å². The lowest BCUT2D eigenvalue weighted by molar-refractivity contribution is 0.0921. The van der Waals surface area contributed by atoms with E-state index in [1.165, 1.54) is 12.4 Å². The van der Waals surface area contributed by atoms with Gasteiger partial charge >= 0.3 is 0 Å². The summed E-state index contributed by atoms with van der Waals surface area (Å²) < 4.78 is 2.10. The zero-order valence-electron chi connectivity index (χ0n) is 11.3. The van der Waals surface area contributed by atoms with Gasteiger partial charge in [-0.25, -0.2) is 4.98 Å². The van der Waals surface area contributed by atoms with Crippen LogP contribution in [0.4, 0.5) is 0 Å². The minimum Gasteiger partial charge on any atom is -0.346 e. The number of carbonyl (C=O) groups is 1. The summed E-state index contributed by atoms with van der Waals surface area (Å²) in [5.41, 5.74) is 0.345. The molecule has 0 radical (unpaired) electrons. The Bertz CT molecular complexity index is 595. The van der Waals surface area contributed by atoms with Crippen molar-refractivity contribution >= 4 is 5.91 Å². The highest BCUT2D eigenvalue weighted by Crippen LogP contribution is 2.15. The molecule has 3 rings (SSSR count). The molecule has 0 fully saturated rings. The summed E-state index contributed by atoms with van der Waals surface area (Å²) in [6.07, 6.45) is 7.08. The van der Waals surface area contributed by atoms with Crippen LogP contribution in [0.5, 0.6) is 0 Å². The van der Waals surface area contributed by atoms with E-state index < -0.39 is 0 Å². The highest BCUT2D eigenvalue weighted by molar-refractivity contribution is 5.92. The van der Waals surface area contributed by atoms with Crippen LogP contribution in [0.25, 0.3) is 0 Å². The number of hydrogen-bond acceptors (Lipinski definition) is 5. The zero-order chi connectivity index (χ0) is 13.9. The van der Waals surface area contributed by atoms with Gasteiger partial charge in [0.2, 0.25) is 0 Å². The molecule has 0 saturated carbocycles. The van der Waals surface area contributed by atoms with E-state index in [9.17, 15) is 4.79 Å². The third-order valence-corrected chi connectivity index (χ3v) is 3.47. The van der Waals surface area contributed by atoms with Crippen molar-refractivity contribution in [3.8, 4) is 0 Å². The van der Waals surface area contributed by atoms with E-state index in [0.29, 0.717) is 5.69 Å². The molecule has 1 atom stereocenters. The summed E-state index contributed by atoms with van der Waals surface area (Å²) in [4.78, 5) is 20.0. The fraction of sp³-hybridized carbons (Fsp3) is 0.462. The molecule has 0 spiro atoms. The molecule has 104 valence electrons. The molecule has 0 saturated heterocycles. The van der Waals surface area contributed by atoms with Crippen LogP contribution in [0, 0.1) is 0 Å². The lowest BCUT2D eigenvalue weighted by Crippen LogP contribution is -2.41. The summed E-state index contributed by atoms with van der Waals surface area (Å²) in [6, 6.07) is 0.0818. The largest absolute Gasteiger partial charge is 0.346 e. The number of nitrogens with one attached hydrogen (secondary N) is 1. The summed E-state index contributed by atoms with van der Waals surface area (Å²) in [6.45, 7) is 2.77. The molecule has 2 aromatic heterocycles. The summed E-state index contributed by atoms with van der Waals surface area (Å²) >= 11 is 0. The van der Waals surface area contributed by atoms with Gasteiger partial charge in [-0.05, 0) is 6.42 Å². The average molecular weight is 272 g/mol. The molecule has 0 aliphatic carbocycles. The van der Waals surface area contributed by atoms with Crippen molar-refractivity contribution in [1.29, 1.82) is 0 Å². The Morgan fingerprint density at radius 2 is 2.35 bits per heavy atom. The van der Waals surface area contributed by atoms with Gasteiger partial charge in [-0.1, -0.05) is 6.92 Å². The first-order chi connectivity index (χ1) is 9.78. The minimum absolute atomic E-state index is 0.0818. The standard InChI is InChI=1S/C13H16N6O/c1-2-11-17-18-12-4-3-9(8-19(11)12)16-13(20)10-7-14-5-6-15-10/h5-7,9H,2-4,8H2,1H3,(H,16,20)/t9-/m0/s1. The van der Waals surface area contributed by atoms with Gasteiger partial charge in [-0.2, -0.15) is 0 Å². The highest BCUT2D eigenvalue weighted by Gasteiger charge is 2.24. The molecule has 3 heterocycles. The van der Waals surface area contributed by atoms with Crippen molar-refractivity contribution in [2.75, 3.05) is 0 Å². The number of carbonyl (C=O) groups excluding carboxylic acids is 1. The van der Waals surface area contributed by atoms with E-state index in [-0.39, 0.29) is 11.9 Å². The normalized spacial score (nSPS) is 17.6. The Kier molecular flexibility index (Phi) is 3.41. The number of aromatic nitrogens is 5. The third kappa shape index (κ3) is 2.38. The number of fused-ring (bicyclic) bond motifs is 1. The summed E-state index contributed by atoms with van der Waals surface area (Å²) in [5.74, 6) is 1.79. The number of amides is 1. The molecular weight excluding hydrogens is 256 g/mol. The second kappa shape index (κ2) is 5.36. The Morgan fingerprint density at radius 3 is 3.10 bits per heavy atom. The van der Waals surface area contributed by atoms with E-state index in [1.807, 2.05) is 0 Å². The van der Waals surface area contributed by atoms with E-state index in [4.69, 9.17) is 0 Å². The summed E-state index contributed by atoms with van der Waals surface area (Å²) in [7, 11) is 0.